The molecular weight excluding hydrogens is 223 g/mol. The number of carbonyl (C=O) groups excluding carboxylic acids is 1. The minimum absolute atomic E-state index is 0.395. The molecule has 0 radical (unpaired) electrons. The second-order valence-corrected chi connectivity index (χ2v) is 4.54. The van der Waals surface area contributed by atoms with Gasteiger partial charge in [0.25, 0.3) is 0 Å². The predicted molar refractivity (Wildman–Crippen MR) is 51.6 cm³/mol. The number of hydrogen-bond acceptors (Lipinski definition) is 2. The first-order valence-electron chi connectivity index (χ1n) is 5.29. The van der Waals surface area contributed by atoms with Gasteiger partial charge in [0.15, 0.2) is 6.10 Å². The van der Waals surface area contributed by atoms with E-state index in [0.29, 0.717) is 12.8 Å². The normalized spacial score (nSPS) is 21.8. The predicted octanol–water partition coefficient (Wildman–Crippen LogP) is 1.61. The van der Waals surface area contributed by atoms with Crippen LogP contribution in [0.5, 0.6) is 0 Å². The van der Waals surface area contributed by atoms with Gasteiger partial charge in [-0.05, 0) is 12.8 Å². The summed E-state index contributed by atoms with van der Waals surface area (Å²) >= 11 is 0. The van der Waals surface area contributed by atoms with Crippen LogP contribution in [-0.4, -0.2) is 29.8 Å². The smallest absolute Gasteiger partial charge is 0.382 e. The van der Waals surface area contributed by atoms with Crippen LogP contribution in [0.2, 0.25) is 0 Å². The molecule has 1 rings (SSSR count). The molecule has 0 aromatic carbocycles. The Bertz CT molecular complexity index is 259. The molecule has 0 spiro atoms. The van der Waals surface area contributed by atoms with Gasteiger partial charge in [-0.1, -0.05) is 19.8 Å². The third-order valence-electron chi connectivity index (χ3n) is 3.09. The molecule has 1 aliphatic rings. The summed E-state index contributed by atoms with van der Waals surface area (Å²) in [5.74, 6) is -0.395. The summed E-state index contributed by atoms with van der Waals surface area (Å²) in [6.45, 7) is 0.979. The summed E-state index contributed by atoms with van der Waals surface area (Å²) in [5, 5.41) is 10.9. The summed E-state index contributed by atoms with van der Waals surface area (Å²) in [4.78, 5) is 11.6. The van der Waals surface area contributed by atoms with Crippen molar-refractivity contribution in [1.29, 1.82) is 0 Å². The lowest BCUT2D eigenvalue weighted by atomic mass is 9.88. The molecule has 1 aliphatic carbocycles. The quantitative estimate of drug-likeness (QED) is 0.786. The van der Waals surface area contributed by atoms with Gasteiger partial charge in [-0.25, -0.2) is 0 Å². The molecule has 16 heavy (non-hydrogen) atoms. The fourth-order valence-corrected chi connectivity index (χ4v) is 1.90. The van der Waals surface area contributed by atoms with E-state index in [1.165, 1.54) is 0 Å². The number of amides is 1. The molecule has 0 bridgehead atoms. The molecule has 6 heteroatoms. The van der Waals surface area contributed by atoms with Crippen molar-refractivity contribution in [2.24, 2.45) is 5.41 Å². The molecule has 0 aliphatic heterocycles. The Hall–Kier alpha value is -0.780. The van der Waals surface area contributed by atoms with Crippen LogP contribution in [0.25, 0.3) is 0 Å². The first-order chi connectivity index (χ1) is 7.26. The summed E-state index contributed by atoms with van der Waals surface area (Å²) in [7, 11) is 0. The summed E-state index contributed by atoms with van der Waals surface area (Å²) in [5.41, 5.74) is -0.564. The zero-order chi connectivity index (χ0) is 12.4. The van der Waals surface area contributed by atoms with Crippen molar-refractivity contribution < 1.29 is 23.1 Å². The Labute approximate surface area is 92.0 Å². The van der Waals surface area contributed by atoms with Crippen LogP contribution >= 0.6 is 0 Å². The number of alkyl halides is 3. The van der Waals surface area contributed by atoms with E-state index < -0.39 is 30.1 Å². The standard InChI is InChI=1S/C10H16F3NO2/c1-9(4-2-3-5-9)8(16)14-6-7(15)10(11,12)13/h7,15H,2-6H2,1H3,(H,14,16). The van der Waals surface area contributed by atoms with Crippen molar-refractivity contribution in [2.45, 2.75) is 44.9 Å². The number of carbonyl (C=O) groups is 1. The maximum absolute atomic E-state index is 12.0. The van der Waals surface area contributed by atoms with Gasteiger partial charge < -0.3 is 10.4 Å². The lowest BCUT2D eigenvalue weighted by Crippen LogP contribution is -2.45. The third-order valence-corrected chi connectivity index (χ3v) is 3.09. The second kappa shape index (κ2) is 4.61. The highest BCUT2D eigenvalue weighted by Gasteiger charge is 2.40. The molecule has 1 saturated carbocycles. The van der Waals surface area contributed by atoms with Crippen molar-refractivity contribution in [2.75, 3.05) is 6.54 Å². The van der Waals surface area contributed by atoms with Crippen LogP contribution < -0.4 is 5.32 Å². The van der Waals surface area contributed by atoms with Gasteiger partial charge in [-0.15, -0.1) is 0 Å². The highest BCUT2D eigenvalue weighted by atomic mass is 19.4. The molecule has 0 aromatic rings. The Kier molecular flexibility index (Phi) is 3.83. The van der Waals surface area contributed by atoms with Gasteiger partial charge in [-0.2, -0.15) is 13.2 Å². The molecule has 1 unspecified atom stereocenters. The number of rotatable bonds is 3. The van der Waals surface area contributed by atoms with E-state index in [2.05, 4.69) is 5.32 Å². The van der Waals surface area contributed by atoms with Crippen LogP contribution in [-0.2, 0) is 4.79 Å². The summed E-state index contributed by atoms with van der Waals surface area (Å²) in [6, 6.07) is 0. The minimum atomic E-state index is -4.68. The van der Waals surface area contributed by atoms with Crippen molar-refractivity contribution in [3.8, 4) is 0 Å². The molecule has 0 aromatic heterocycles. The number of nitrogens with one attached hydrogen (secondary N) is 1. The molecule has 0 saturated heterocycles. The molecule has 0 heterocycles. The fourth-order valence-electron chi connectivity index (χ4n) is 1.90. The van der Waals surface area contributed by atoms with Gasteiger partial charge in [0, 0.05) is 5.41 Å². The van der Waals surface area contributed by atoms with E-state index in [9.17, 15) is 18.0 Å². The Morgan fingerprint density at radius 2 is 1.94 bits per heavy atom. The molecule has 94 valence electrons. The van der Waals surface area contributed by atoms with Gasteiger partial charge >= 0.3 is 6.18 Å². The van der Waals surface area contributed by atoms with Crippen LogP contribution in [0.1, 0.15) is 32.6 Å². The third kappa shape index (κ3) is 3.10. The highest BCUT2D eigenvalue weighted by Crippen LogP contribution is 2.37. The average molecular weight is 239 g/mol. The van der Waals surface area contributed by atoms with Crippen molar-refractivity contribution in [3.05, 3.63) is 0 Å². The molecule has 2 N–H and O–H groups in total. The van der Waals surface area contributed by atoms with E-state index >= 15 is 0 Å². The average Bonchev–Trinajstić information content (AvgIpc) is 2.60. The summed E-state index contributed by atoms with van der Waals surface area (Å²) in [6.07, 6.45) is -3.93. The van der Waals surface area contributed by atoms with E-state index in [1.807, 2.05) is 0 Å². The first-order valence-corrected chi connectivity index (χ1v) is 5.29. The maximum atomic E-state index is 12.0. The van der Waals surface area contributed by atoms with Gasteiger partial charge in [0.1, 0.15) is 0 Å². The van der Waals surface area contributed by atoms with Gasteiger partial charge in [0.05, 0.1) is 6.54 Å². The molecule has 1 amide bonds. The molecule has 1 fully saturated rings. The number of hydrogen-bond donors (Lipinski definition) is 2. The topological polar surface area (TPSA) is 49.3 Å². The zero-order valence-corrected chi connectivity index (χ0v) is 9.10. The van der Waals surface area contributed by atoms with E-state index in [-0.39, 0.29) is 0 Å². The molecule has 3 nitrogen and oxygen atoms in total. The maximum Gasteiger partial charge on any atom is 0.416 e. The fraction of sp³-hybridized carbons (Fsp3) is 0.900. The lowest BCUT2D eigenvalue weighted by molar-refractivity contribution is -0.202. The van der Waals surface area contributed by atoms with Gasteiger partial charge in [-0.3, -0.25) is 4.79 Å². The largest absolute Gasteiger partial charge is 0.416 e. The minimum Gasteiger partial charge on any atom is -0.382 e. The lowest BCUT2D eigenvalue weighted by Gasteiger charge is -2.23. The SMILES string of the molecule is CC1(C(=O)NCC(O)C(F)(F)F)CCCC1. The first kappa shape index (κ1) is 13.3. The number of aliphatic hydroxyl groups is 1. The summed E-state index contributed by atoms with van der Waals surface area (Å²) < 4.78 is 35.9. The van der Waals surface area contributed by atoms with Crippen molar-refractivity contribution in [3.63, 3.8) is 0 Å². The highest BCUT2D eigenvalue weighted by molar-refractivity contribution is 5.82. The van der Waals surface area contributed by atoms with Gasteiger partial charge in [0.2, 0.25) is 5.91 Å². The monoisotopic (exact) mass is 239 g/mol. The zero-order valence-electron chi connectivity index (χ0n) is 9.10. The number of halogens is 3. The van der Waals surface area contributed by atoms with Crippen LogP contribution in [0.3, 0.4) is 0 Å². The van der Waals surface area contributed by atoms with Crippen LogP contribution in [0, 0.1) is 5.41 Å². The second-order valence-electron chi connectivity index (χ2n) is 4.54. The molecular formula is C10H16F3NO2. The van der Waals surface area contributed by atoms with E-state index in [1.54, 1.807) is 6.92 Å². The molecule has 1 atom stereocenters. The Balaban J connectivity index is 2.41. The van der Waals surface area contributed by atoms with Crippen molar-refractivity contribution >= 4 is 5.91 Å². The Morgan fingerprint density at radius 1 is 1.44 bits per heavy atom. The number of aliphatic hydroxyl groups excluding tert-OH is 1. The van der Waals surface area contributed by atoms with Crippen molar-refractivity contribution in [1.82, 2.24) is 5.32 Å². The Morgan fingerprint density at radius 3 is 2.38 bits per heavy atom. The van der Waals surface area contributed by atoms with E-state index in [0.717, 1.165) is 12.8 Å². The van der Waals surface area contributed by atoms with Crippen LogP contribution in [0.4, 0.5) is 13.2 Å². The van der Waals surface area contributed by atoms with Crippen LogP contribution in [0.15, 0.2) is 0 Å². The van der Waals surface area contributed by atoms with E-state index in [4.69, 9.17) is 5.11 Å².